The molecule has 0 saturated carbocycles. The predicted octanol–water partition coefficient (Wildman–Crippen LogP) is 1.62. The van der Waals surface area contributed by atoms with Gasteiger partial charge in [-0.25, -0.2) is 15.8 Å². The van der Waals surface area contributed by atoms with E-state index in [1.165, 1.54) is 0 Å². The zero-order valence-electron chi connectivity index (χ0n) is 10.2. The van der Waals surface area contributed by atoms with Crippen LogP contribution in [-0.2, 0) is 0 Å². The van der Waals surface area contributed by atoms with Crippen molar-refractivity contribution in [2.75, 3.05) is 23.5 Å². The highest BCUT2D eigenvalue weighted by molar-refractivity contribution is 7.99. The molecule has 0 aliphatic carbocycles. The molecule has 5 nitrogen and oxygen atoms in total. The number of anilines is 2. The predicted molar refractivity (Wildman–Crippen MR) is 70.7 cm³/mol. The molecule has 16 heavy (non-hydrogen) atoms. The number of nitrogens with one attached hydrogen (secondary N) is 2. The molecule has 0 aliphatic rings. The summed E-state index contributed by atoms with van der Waals surface area (Å²) in [4.78, 5) is 8.42. The molecule has 0 bridgehead atoms. The molecule has 0 amide bonds. The zero-order chi connectivity index (χ0) is 12.2. The average molecular weight is 241 g/mol. The number of hydrogen-bond donors (Lipinski definition) is 3. The zero-order valence-corrected chi connectivity index (χ0v) is 11.0. The maximum Gasteiger partial charge on any atom is 0.145 e. The van der Waals surface area contributed by atoms with Crippen molar-refractivity contribution in [2.45, 2.75) is 25.5 Å². The van der Waals surface area contributed by atoms with Crippen LogP contribution in [0, 0.1) is 6.92 Å². The lowest BCUT2D eigenvalue weighted by atomic mass is 10.2. The van der Waals surface area contributed by atoms with Crippen molar-refractivity contribution in [1.29, 1.82) is 0 Å². The van der Waals surface area contributed by atoms with Crippen LogP contribution in [0.1, 0.15) is 19.7 Å². The van der Waals surface area contributed by atoms with Crippen LogP contribution in [0.5, 0.6) is 0 Å². The van der Waals surface area contributed by atoms with Crippen LogP contribution in [-0.4, -0.2) is 27.5 Å². The molecule has 0 radical (unpaired) electrons. The second-order valence-electron chi connectivity index (χ2n) is 4.15. The Balaban J connectivity index is 2.70. The van der Waals surface area contributed by atoms with Crippen molar-refractivity contribution >= 4 is 23.4 Å². The number of nitrogens with two attached hydrogens (primary N) is 1. The second-order valence-corrected chi connectivity index (χ2v) is 5.66. The van der Waals surface area contributed by atoms with E-state index in [2.05, 4.69) is 40.8 Å². The Morgan fingerprint density at radius 3 is 2.56 bits per heavy atom. The van der Waals surface area contributed by atoms with Gasteiger partial charge in [-0.3, -0.25) is 0 Å². The summed E-state index contributed by atoms with van der Waals surface area (Å²) in [6.07, 6.45) is 2.10. The van der Waals surface area contributed by atoms with E-state index in [-0.39, 0.29) is 4.75 Å². The van der Waals surface area contributed by atoms with Gasteiger partial charge in [-0.1, -0.05) is 0 Å². The quantitative estimate of drug-likeness (QED) is 0.537. The van der Waals surface area contributed by atoms with Crippen molar-refractivity contribution in [2.24, 2.45) is 5.84 Å². The van der Waals surface area contributed by atoms with Gasteiger partial charge >= 0.3 is 0 Å². The van der Waals surface area contributed by atoms with E-state index in [0.717, 1.165) is 12.4 Å². The van der Waals surface area contributed by atoms with Crippen molar-refractivity contribution in [3.8, 4) is 0 Å². The first kappa shape index (κ1) is 13.1. The third-order valence-electron chi connectivity index (χ3n) is 2.23. The Hall–Kier alpha value is -1.01. The van der Waals surface area contributed by atoms with Crippen molar-refractivity contribution < 1.29 is 0 Å². The molecule has 0 spiro atoms. The van der Waals surface area contributed by atoms with Crippen LogP contribution in [0.2, 0.25) is 0 Å². The van der Waals surface area contributed by atoms with Crippen LogP contribution in [0.3, 0.4) is 0 Å². The maximum absolute atomic E-state index is 5.32. The van der Waals surface area contributed by atoms with Gasteiger partial charge in [-0.15, -0.1) is 0 Å². The number of nitrogen functional groups attached to an aromatic ring is 1. The summed E-state index contributed by atoms with van der Waals surface area (Å²) in [5.41, 5.74) is 2.52. The largest absolute Gasteiger partial charge is 0.369 e. The lowest BCUT2D eigenvalue weighted by Gasteiger charge is -2.22. The van der Waals surface area contributed by atoms with Crippen molar-refractivity contribution in [3.05, 3.63) is 11.9 Å². The topological polar surface area (TPSA) is 75.9 Å². The molecule has 0 aromatic carbocycles. The Labute approximate surface area is 101 Å². The smallest absolute Gasteiger partial charge is 0.145 e. The average Bonchev–Trinajstić information content (AvgIpc) is 2.26. The SMILES string of the molecule is CSC(C)(C)CNc1cc(NN)nc(C)n1. The summed E-state index contributed by atoms with van der Waals surface area (Å²) in [6.45, 7) is 7.04. The van der Waals surface area contributed by atoms with Crippen LogP contribution in [0.15, 0.2) is 6.07 Å². The molecule has 0 aliphatic heterocycles. The van der Waals surface area contributed by atoms with Crippen molar-refractivity contribution in [3.63, 3.8) is 0 Å². The molecule has 90 valence electrons. The summed E-state index contributed by atoms with van der Waals surface area (Å²) in [5.74, 6) is 7.43. The van der Waals surface area contributed by atoms with Gasteiger partial charge < -0.3 is 10.7 Å². The fraction of sp³-hybridized carbons (Fsp3) is 0.600. The van der Waals surface area contributed by atoms with Gasteiger partial charge in [0.2, 0.25) is 0 Å². The van der Waals surface area contributed by atoms with Crippen LogP contribution < -0.4 is 16.6 Å². The molecule has 1 aromatic heterocycles. The Morgan fingerprint density at radius 2 is 2.00 bits per heavy atom. The molecular weight excluding hydrogens is 222 g/mol. The molecule has 0 saturated heterocycles. The molecular formula is C10H19N5S. The number of aryl methyl sites for hydroxylation is 1. The van der Waals surface area contributed by atoms with E-state index in [0.29, 0.717) is 11.6 Å². The molecule has 1 rings (SSSR count). The first-order valence-electron chi connectivity index (χ1n) is 5.08. The molecule has 0 fully saturated rings. The lowest BCUT2D eigenvalue weighted by Crippen LogP contribution is -2.26. The number of thioether (sulfide) groups is 1. The van der Waals surface area contributed by atoms with Crippen LogP contribution in [0.4, 0.5) is 11.6 Å². The Bertz CT molecular complexity index is 353. The van der Waals surface area contributed by atoms with E-state index in [9.17, 15) is 0 Å². The normalized spacial score (nSPS) is 11.3. The van der Waals surface area contributed by atoms with Gasteiger partial charge in [-0.05, 0) is 27.0 Å². The molecule has 4 N–H and O–H groups in total. The second kappa shape index (κ2) is 5.36. The van der Waals surface area contributed by atoms with E-state index < -0.39 is 0 Å². The van der Waals surface area contributed by atoms with Gasteiger partial charge in [0, 0.05) is 17.4 Å². The summed E-state index contributed by atoms with van der Waals surface area (Å²) < 4.78 is 0.176. The first-order valence-corrected chi connectivity index (χ1v) is 6.30. The van der Waals surface area contributed by atoms with Gasteiger partial charge in [0.1, 0.15) is 17.5 Å². The highest BCUT2D eigenvalue weighted by atomic mass is 32.2. The number of aromatic nitrogens is 2. The van der Waals surface area contributed by atoms with E-state index in [1.807, 2.05) is 18.7 Å². The van der Waals surface area contributed by atoms with Crippen LogP contribution in [0.25, 0.3) is 0 Å². The number of nitrogens with zero attached hydrogens (tertiary/aromatic N) is 2. The summed E-state index contributed by atoms with van der Waals surface area (Å²) in [7, 11) is 0. The van der Waals surface area contributed by atoms with E-state index in [1.54, 1.807) is 6.07 Å². The summed E-state index contributed by atoms with van der Waals surface area (Å²) in [6, 6.07) is 1.80. The standard InChI is InChI=1S/C10H19N5S/c1-7-13-8(5-9(14-7)15-11)12-6-10(2,3)16-4/h5H,6,11H2,1-4H3,(H2,12,13,14,15). The lowest BCUT2D eigenvalue weighted by molar-refractivity contribution is 0.749. The highest BCUT2D eigenvalue weighted by Crippen LogP contribution is 2.21. The number of hydrogen-bond acceptors (Lipinski definition) is 6. The molecule has 1 heterocycles. The first-order chi connectivity index (χ1) is 7.46. The highest BCUT2D eigenvalue weighted by Gasteiger charge is 2.15. The minimum Gasteiger partial charge on any atom is -0.369 e. The third kappa shape index (κ3) is 3.86. The third-order valence-corrected chi connectivity index (χ3v) is 3.48. The fourth-order valence-electron chi connectivity index (χ4n) is 1.11. The molecule has 1 aromatic rings. The summed E-state index contributed by atoms with van der Waals surface area (Å²) >= 11 is 1.81. The van der Waals surface area contributed by atoms with E-state index >= 15 is 0 Å². The molecule has 0 unspecified atom stereocenters. The van der Waals surface area contributed by atoms with Crippen LogP contribution >= 0.6 is 11.8 Å². The van der Waals surface area contributed by atoms with Gasteiger partial charge in [0.15, 0.2) is 0 Å². The van der Waals surface area contributed by atoms with Crippen molar-refractivity contribution in [1.82, 2.24) is 9.97 Å². The molecule has 6 heteroatoms. The molecule has 0 atom stereocenters. The Kier molecular flexibility index (Phi) is 4.37. The van der Waals surface area contributed by atoms with E-state index in [4.69, 9.17) is 5.84 Å². The number of rotatable bonds is 5. The Morgan fingerprint density at radius 1 is 1.38 bits per heavy atom. The monoisotopic (exact) mass is 241 g/mol. The van der Waals surface area contributed by atoms with Gasteiger partial charge in [0.25, 0.3) is 0 Å². The fourth-order valence-corrected chi connectivity index (χ4v) is 1.32. The summed E-state index contributed by atoms with van der Waals surface area (Å²) in [5, 5.41) is 3.28. The van der Waals surface area contributed by atoms with Gasteiger partial charge in [0.05, 0.1) is 0 Å². The van der Waals surface area contributed by atoms with Gasteiger partial charge in [-0.2, -0.15) is 11.8 Å². The number of hydrazine groups is 1. The maximum atomic E-state index is 5.32. The minimum atomic E-state index is 0.176. The minimum absolute atomic E-state index is 0.176.